The number of hydrogen-bond donors (Lipinski definition) is 0. The predicted octanol–water partition coefficient (Wildman–Crippen LogP) is 4.73. The molecule has 0 atom stereocenters. The number of rotatable bonds is 12. The van der Waals surface area contributed by atoms with Crippen LogP contribution in [0.3, 0.4) is 0 Å². The number of carbonyl (C=O) groups excluding carboxylic acids is 2. The highest BCUT2D eigenvalue weighted by Gasteiger charge is 2.45. The summed E-state index contributed by atoms with van der Waals surface area (Å²) in [6, 6.07) is 18.7. The van der Waals surface area contributed by atoms with Crippen molar-refractivity contribution in [3.05, 3.63) is 89.0 Å². The number of hydrogen-bond acceptors (Lipinski definition) is 7. The van der Waals surface area contributed by atoms with Gasteiger partial charge >= 0.3 is 0 Å². The first-order valence-electron chi connectivity index (χ1n) is 15.3. The average molecular weight is 612 g/mol. The number of amides is 2. The molecule has 4 aromatic rings. The molecule has 2 aromatic heterocycles. The maximum atomic E-state index is 13.2. The number of carbonyl (C=O) groups is 2. The Hall–Kier alpha value is -4.70. The third kappa shape index (κ3) is 6.56. The smallest absolute Gasteiger partial charge is 0.251 e. The molecule has 0 aliphatic carbocycles. The van der Waals surface area contributed by atoms with Gasteiger partial charge in [-0.25, -0.2) is 0 Å². The fourth-order valence-corrected chi connectivity index (χ4v) is 5.92. The van der Waals surface area contributed by atoms with E-state index in [1.807, 2.05) is 61.5 Å². The highest BCUT2D eigenvalue weighted by Crippen LogP contribution is 2.40. The minimum absolute atomic E-state index is 0.0717. The van der Waals surface area contributed by atoms with Crippen molar-refractivity contribution in [3.8, 4) is 11.5 Å². The van der Waals surface area contributed by atoms with Gasteiger partial charge in [-0.05, 0) is 69.2 Å². The molecule has 0 bridgehead atoms. The second kappa shape index (κ2) is 13.5. The summed E-state index contributed by atoms with van der Waals surface area (Å²) in [5.74, 6) is 0.832. The molecule has 0 fully saturated rings. The van der Waals surface area contributed by atoms with Crippen LogP contribution >= 0.6 is 0 Å². The normalized spacial score (nSPS) is 14.5. The standard InChI is InChI=1S/C35H41N5O5/c1-6-39-28-13-12-27(23-29(28)37(4)33(42)35(2,3)34(39)43)45-22-8-19-38(24-25-15-17-36-18-16-25)20-21-40-31(41)14-11-26-9-7-10-30(44-5)32(26)40/h7,9-18,23H,6,8,19-22,24H2,1-5H3. The molecular weight excluding hydrogens is 570 g/mol. The van der Waals surface area contributed by atoms with E-state index in [1.165, 1.54) is 0 Å². The van der Waals surface area contributed by atoms with Gasteiger partial charge in [0.1, 0.15) is 16.9 Å². The Balaban J connectivity index is 1.29. The maximum absolute atomic E-state index is 13.2. The number of benzene rings is 2. The van der Waals surface area contributed by atoms with E-state index in [1.54, 1.807) is 60.8 Å². The van der Waals surface area contributed by atoms with Crippen LogP contribution in [0.5, 0.6) is 11.5 Å². The lowest BCUT2D eigenvalue weighted by Crippen LogP contribution is -2.47. The second-order valence-corrected chi connectivity index (χ2v) is 11.7. The quantitative estimate of drug-likeness (QED) is 0.169. The number of fused-ring (bicyclic) bond motifs is 2. The molecule has 10 nitrogen and oxygen atoms in total. The van der Waals surface area contributed by atoms with E-state index < -0.39 is 5.41 Å². The predicted molar refractivity (Wildman–Crippen MR) is 176 cm³/mol. The Bertz CT molecular complexity index is 1740. The Labute approximate surface area is 263 Å². The topological polar surface area (TPSA) is 97.2 Å². The molecule has 1 aliphatic heterocycles. The summed E-state index contributed by atoms with van der Waals surface area (Å²) in [6.07, 6.45) is 4.30. The lowest BCUT2D eigenvalue weighted by Gasteiger charge is -2.27. The lowest BCUT2D eigenvalue weighted by molar-refractivity contribution is -0.137. The molecule has 10 heteroatoms. The van der Waals surface area contributed by atoms with Crippen LogP contribution in [-0.2, 0) is 22.7 Å². The van der Waals surface area contributed by atoms with Crippen molar-refractivity contribution in [3.63, 3.8) is 0 Å². The van der Waals surface area contributed by atoms with Gasteiger partial charge in [0.25, 0.3) is 5.56 Å². The number of ether oxygens (including phenoxy) is 2. The third-order valence-corrected chi connectivity index (χ3v) is 8.41. The second-order valence-electron chi connectivity index (χ2n) is 11.7. The van der Waals surface area contributed by atoms with Gasteiger partial charge < -0.3 is 23.8 Å². The highest BCUT2D eigenvalue weighted by molar-refractivity contribution is 6.20. The molecule has 1 aliphatic rings. The van der Waals surface area contributed by atoms with Gasteiger partial charge in [-0.3, -0.25) is 24.3 Å². The summed E-state index contributed by atoms with van der Waals surface area (Å²) in [5, 5.41) is 0.950. The van der Waals surface area contributed by atoms with Crippen LogP contribution in [0.4, 0.5) is 11.4 Å². The van der Waals surface area contributed by atoms with Crippen LogP contribution in [0.15, 0.2) is 77.9 Å². The molecule has 45 heavy (non-hydrogen) atoms. The van der Waals surface area contributed by atoms with Crippen LogP contribution in [0.25, 0.3) is 10.9 Å². The minimum Gasteiger partial charge on any atom is -0.495 e. The Morgan fingerprint density at radius 2 is 1.69 bits per heavy atom. The zero-order valence-corrected chi connectivity index (χ0v) is 26.7. The van der Waals surface area contributed by atoms with E-state index in [-0.39, 0.29) is 17.4 Å². The number of pyridine rings is 2. The highest BCUT2D eigenvalue weighted by atomic mass is 16.5. The number of methoxy groups -OCH3 is 1. The van der Waals surface area contributed by atoms with Crippen molar-refractivity contribution in [2.75, 3.05) is 50.2 Å². The first-order valence-corrected chi connectivity index (χ1v) is 15.3. The molecule has 5 rings (SSSR count). The summed E-state index contributed by atoms with van der Waals surface area (Å²) in [7, 11) is 3.32. The van der Waals surface area contributed by atoms with Gasteiger partial charge in [0, 0.05) is 69.7 Å². The van der Waals surface area contributed by atoms with Gasteiger partial charge in [-0.2, -0.15) is 0 Å². The first-order chi connectivity index (χ1) is 21.6. The molecule has 2 amide bonds. The van der Waals surface area contributed by atoms with E-state index in [9.17, 15) is 14.4 Å². The molecule has 0 spiro atoms. The van der Waals surface area contributed by atoms with E-state index in [0.717, 1.165) is 29.4 Å². The first kappa shape index (κ1) is 31.7. The molecule has 2 aromatic carbocycles. The van der Waals surface area contributed by atoms with Crippen LogP contribution in [0.1, 0.15) is 32.8 Å². The van der Waals surface area contributed by atoms with Gasteiger partial charge in [0.15, 0.2) is 0 Å². The zero-order valence-electron chi connectivity index (χ0n) is 26.7. The Morgan fingerprint density at radius 1 is 0.911 bits per heavy atom. The monoisotopic (exact) mass is 611 g/mol. The number of anilines is 2. The molecule has 236 valence electrons. The van der Waals surface area contributed by atoms with E-state index in [2.05, 4.69) is 9.88 Å². The van der Waals surface area contributed by atoms with Crippen LogP contribution in [0, 0.1) is 5.41 Å². The van der Waals surface area contributed by atoms with Crippen molar-refractivity contribution in [1.29, 1.82) is 0 Å². The van der Waals surface area contributed by atoms with Crippen molar-refractivity contribution >= 4 is 34.1 Å². The molecular formula is C35H41N5O5. The summed E-state index contributed by atoms with van der Waals surface area (Å²) >= 11 is 0. The summed E-state index contributed by atoms with van der Waals surface area (Å²) < 4.78 is 13.5. The van der Waals surface area contributed by atoms with Gasteiger partial charge in [0.2, 0.25) is 11.8 Å². The zero-order chi connectivity index (χ0) is 32.1. The van der Waals surface area contributed by atoms with Gasteiger partial charge in [0.05, 0.1) is 30.6 Å². The molecule has 0 saturated heterocycles. The van der Waals surface area contributed by atoms with E-state index in [0.29, 0.717) is 55.7 Å². The molecule has 3 heterocycles. The number of para-hydroxylation sites is 1. The summed E-state index contributed by atoms with van der Waals surface area (Å²) in [4.78, 5) is 49.0. The fraction of sp³-hybridized carbons (Fsp3) is 0.371. The maximum Gasteiger partial charge on any atom is 0.251 e. The Morgan fingerprint density at radius 3 is 2.42 bits per heavy atom. The summed E-state index contributed by atoms with van der Waals surface area (Å²) in [6.45, 7) is 8.72. The Kier molecular flexibility index (Phi) is 9.53. The largest absolute Gasteiger partial charge is 0.495 e. The molecule has 0 N–H and O–H groups in total. The van der Waals surface area contributed by atoms with Crippen LogP contribution in [-0.4, -0.2) is 66.7 Å². The van der Waals surface area contributed by atoms with Crippen LogP contribution in [0.2, 0.25) is 0 Å². The fourth-order valence-electron chi connectivity index (χ4n) is 5.92. The lowest BCUT2D eigenvalue weighted by atomic mass is 9.90. The average Bonchev–Trinajstić information content (AvgIpc) is 3.10. The SMILES string of the molecule is CCN1C(=O)C(C)(C)C(=O)N(C)c2cc(OCCCN(CCn3c(=O)ccc4cccc(OC)c43)Cc3ccncc3)ccc21. The van der Waals surface area contributed by atoms with E-state index in [4.69, 9.17) is 9.47 Å². The van der Waals surface area contributed by atoms with Gasteiger partial charge in [-0.1, -0.05) is 12.1 Å². The molecule has 0 unspecified atom stereocenters. The number of nitrogens with zero attached hydrogens (tertiary/aromatic N) is 5. The number of aromatic nitrogens is 2. The minimum atomic E-state index is -1.16. The molecule has 0 radical (unpaired) electrons. The summed E-state index contributed by atoms with van der Waals surface area (Å²) in [5.41, 5.74) is 2.03. The van der Waals surface area contributed by atoms with E-state index >= 15 is 0 Å². The van der Waals surface area contributed by atoms with Crippen LogP contribution < -0.4 is 24.8 Å². The van der Waals surface area contributed by atoms with Crippen molar-refractivity contribution in [1.82, 2.24) is 14.5 Å². The van der Waals surface area contributed by atoms with Gasteiger partial charge in [-0.15, -0.1) is 0 Å². The van der Waals surface area contributed by atoms with Crippen molar-refractivity contribution in [2.24, 2.45) is 5.41 Å². The van der Waals surface area contributed by atoms with Crippen molar-refractivity contribution < 1.29 is 19.1 Å². The molecule has 0 saturated carbocycles. The van der Waals surface area contributed by atoms with Crippen molar-refractivity contribution in [2.45, 2.75) is 40.3 Å². The third-order valence-electron chi connectivity index (χ3n) is 8.41.